The van der Waals surface area contributed by atoms with Crippen molar-refractivity contribution in [2.45, 2.75) is 44.6 Å². The van der Waals surface area contributed by atoms with Gasteiger partial charge in [-0.15, -0.1) is 0 Å². The fraction of sp³-hybridized carbons (Fsp3) is 0.846. The number of amidine groups is 1. The largest absolute Gasteiger partial charge is 0.409 e. The zero-order chi connectivity index (χ0) is 12.7. The van der Waals surface area contributed by atoms with Crippen LogP contribution in [0.2, 0.25) is 0 Å². The molecular formula is C13H21N3O2. The van der Waals surface area contributed by atoms with Gasteiger partial charge in [0.05, 0.1) is 6.04 Å². The van der Waals surface area contributed by atoms with Gasteiger partial charge in [0.25, 0.3) is 0 Å². The minimum atomic E-state index is -0.262. The first-order chi connectivity index (χ1) is 8.69. The molecule has 0 saturated heterocycles. The molecule has 2 bridgehead atoms. The molecule has 0 heterocycles. The second-order valence-electron chi connectivity index (χ2n) is 6.13. The van der Waals surface area contributed by atoms with Crippen LogP contribution in [0, 0.1) is 23.7 Å². The average molecular weight is 251 g/mol. The van der Waals surface area contributed by atoms with Crippen LogP contribution in [0.5, 0.6) is 0 Å². The smallest absolute Gasteiger partial charge is 0.223 e. The van der Waals surface area contributed by atoms with Gasteiger partial charge < -0.3 is 16.3 Å². The van der Waals surface area contributed by atoms with Crippen molar-refractivity contribution in [1.29, 1.82) is 0 Å². The summed E-state index contributed by atoms with van der Waals surface area (Å²) in [4.78, 5) is 12.3. The van der Waals surface area contributed by atoms with Crippen molar-refractivity contribution in [2.24, 2.45) is 34.6 Å². The van der Waals surface area contributed by atoms with Crippen LogP contribution in [0.15, 0.2) is 5.16 Å². The van der Waals surface area contributed by atoms with Gasteiger partial charge in [-0.1, -0.05) is 11.6 Å². The SMILES string of the molecule is NC(=NO)C(NC(=O)C1CC2CCC1C2)C1CC1. The number of nitrogens with one attached hydrogen (secondary N) is 1. The Balaban J connectivity index is 1.62. The molecule has 0 aliphatic heterocycles. The molecule has 4 N–H and O–H groups in total. The Morgan fingerprint density at radius 1 is 1.28 bits per heavy atom. The van der Waals surface area contributed by atoms with Crippen molar-refractivity contribution in [1.82, 2.24) is 5.32 Å². The Kier molecular flexibility index (Phi) is 2.92. The lowest BCUT2D eigenvalue weighted by molar-refractivity contribution is -0.127. The van der Waals surface area contributed by atoms with E-state index in [2.05, 4.69) is 10.5 Å². The Morgan fingerprint density at radius 2 is 2.06 bits per heavy atom. The molecule has 0 aromatic rings. The van der Waals surface area contributed by atoms with Crippen LogP contribution in [-0.4, -0.2) is 23.0 Å². The lowest BCUT2D eigenvalue weighted by Gasteiger charge is -2.24. The van der Waals surface area contributed by atoms with Crippen molar-refractivity contribution < 1.29 is 10.0 Å². The van der Waals surface area contributed by atoms with Crippen LogP contribution >= 0.6 is 0 Å². The van der Waals surface area contributed by atoms with E-state index in [9.17, 15) is 4.79 Å². The van der Waals surface area contributed by atoms with Crippen LogP contribution in [0.4, 0.5) is 0 Å². The van der Waals surface area contributed by atoms with Crippen molar-refractivity contribution >= 4 is 11.7 Å². The predicted molar refractivity (Wildman–Crippen MR) is 67.0 cm³/mol. The third kappa shape index (κ3) is 2.06. The van der Waals surface area contributed by atoms with E-state index < -0.39 is 0 Å². The van der Waals surface area contributed by atoms with Gasteiger partial charge in [0.1, 0.15) is 0 Å². The van der Waals surface area contributed by atoms with Crippen molar-refractivity contribution in [3.63, 3.8) is 0 Å². The highest BCUT2D eigenvalue weighted by Gasteiger charge is 2.44. The first-order valence-electron chi connectivity index (χ1n) is 6.97. The molecule has 1 amide bonds. The molecule has 4 atom stereocenters. The van der Waals surface area contributed by atoms with E-state index in [1.54, 1.807) is 0 Å². The first kappa shape index (κ1) is 11.8. The summed E-state index contributed by atoms with van der Waals surface area (Å²) in [6.45, 7) is 0. The number of amides is 1. The van der Waals surface area contributed by atoms with E-state index in [0.29, 0.717) is 11.8 Å². The number of nitrogens with two attached hydrogens (primary N) is 1. The maximum Gasteiger partial charge on any atom is 0.223 e. The molecule has 3 aliphatic rings. The van der Waals surface area contributed by atoms with Gasteiger partial charge in [-0.2, -0.15) is 0 Å². The highest BCUT2D eigenvalue weighted by Crippen LogP contribution is 2.48. The molecular weight excluding hydrogens is 230 g/mol. The van der Waals surface area contributed by atoms with Gasteiger partial charge in [0.2, 0.25) is 5.91 Å². The zero-order valence-corrected chi connectivity index (χ0v) is 10.5. The molecule has 18 heavy (non-hydrogen) atoms. The molecule has 3 rings (SSSR count). The molecule has 3 fully saturated rings. The summed E-state index contributed by atoms with van der Waals surface area (Å²) in [6, 6.07) is -0.262. The predicted octanol–water partition coefficient (Wildman–Crippen LogP) is 1.06. The van der Waals surface area contributed by atoms with Gasteiger partial charge >= 0.3 is 0 Å². The average Bonchev–Trinajstić information content (AvgIpc) is 3.00. The summed E-state index contributed by atoms with van der Waals surface area (Å²) in [5, 5.41) is 14.8. The van der Waals surface area contributed by atoms with E-state index in [4.69, 9.17) is 10.9 Å². The lowest BCUT2D eigenvalue weighted by atomic mass is 9.88. The van der Waals surface area contributed by atoms with Crippen LogP contribution in [0.3, 0.4) is 0 Å². The molecule has 4 unspecified atom stereocenters. The third-order valence-corrected chi connectivity index (χ3v) is 4.90. The number of hydrogen-bond donors (Lipinski definition) is 3. The molecule has 5 nitrogen and oxygen atoms in total. The maximum atomic E-state index is 12.3. The summed E-state index contributed by atoms with van der Waals surface area (Å²) in [6.07, 6.45) is 6.84. The number of nitrogens with zero attached hydrogens (tertiary/aromatic N) is 1. The Bertz CT molecular complexity index is 378. The molecule has 0 aromatic heterocycles. The molecule has 3 aliphatic carbocycles. The number of rotatable bonds is 4. The van der Waals surface area contributed by atoms with Gasteiger partial charge in [-0.25, -0.2) is 0 Å². The van der Waals surface area contributed by atoms with Gasteiger partial charge in [0, 0.05) is 5.92 Å². The van der Waals surface area contributed by atoms with Crippen LogP contribution in [-0.2, 0) is 4.79 Å². The van der Waals surface area contributed by atoms with E-state index >= 15 is 0 Å². The van der Waals surface area contributed by atoms with E-state index in [1.165, 1.54) is 19.3 Å². The van der Waals surface area contributed by atoms with E-state index in [0.717, 1.165) is 25.2 Å². The van der Waals surface area contributed by atoms with Gasteiger partial charge in [-0.3, -0.25) is 4.79 Å². The normalized spacial score (nSPS) is 36.7. The van der Waals surface area contributed by atoms with Gasteiger partial charge in [-0.05, 0) is 49.9 Å². The van der Waals surface area contributed by atoms with E-state index in [1.807, 2.05) is 0 Å². The second-order valence-corrected chi connectivity index (χ2v) is 6.13. The highest BCUT2D eigenvalue weighted by atomic mass is 16.4. The summed E-state index contributed by atoms with van der Waals surface area (Å²) < 4.78 is 0. The van der Waals surface area contributed by atoms with Crippen molar-refractivity contribution in [3.8, 4) is 0 Å². The Hall–Kier alpha value is -1.26. The van der Waals surface area contributed by atoms with Crippen molar-refractivity contribution in [2.75, 3.05) is 0 Å². The summed E-state index contributed by atoms with van der Waals surface area (Å²) in [7, 11) is 0. The molecule has 5 heteroatoms. The standard InChI is InChI=1S/C13H21N3O2/c14-12(16-18)11(8-3-4-8)15-13(17)10-6-7-1-2-9(10)5-7/h7-11,18H,1-6H2,(H2,14,16)(H,15,17). The third-order valence-electron chi connectivity index (χ3n) is 4.90. The zero-order valence-electron chi connectivity index (χ0n) is 10.5. The molecule has 3 saturated carbocycles. The molecule has 100 valence electrons. The van der Waals surface area contributed by atoms with Crippen LogP contribution in [0.1, 0.15) is 38.5 Å². The minimum Gasteiger partial charge on any atom is -0.409 e. The Morgan fingerprint density at radius 3 is 2.56 bits per heavy atom. The number of carbonyl (C=O) groups is 1. The molecule has 0 aromatic carbocycles. The molecule has 0 radical (unpaired) electrons. The highest BCUT2D eigenvalue weighted by molar-refractivity contribution is 5.91. The topological polar surface area (TPSA) is 87.7 Å². The van der Waals surface area contributed by atoms with Crippen molar-refractivity contribution in [3.05, 3.63) is 0 Å². The second kappa shape index (κ2) is 4.44. The number of fused-ring (bicyclic) bond motifs is 2. The van der Waals surface area contributed by atoms with E-state index in [-0.39, 0.29) is 23.7 Å². The number of carbonyl (C=O) groups excluding carboxylic acids is 1. The quantitative estimate of drug-likeness (QED) is 0.302. The first-order valence-corrected chi connectivity index (χ1v) is 6.97. The fourth-order valence-corrected chi connectivity index (χ4v) is 3.75. The minimum absolute atomic E-state index is 0.116. The number of oxime groups is 1. The molecule has 0 spiro atoms. The summed E-state index contributed by atoms with van der Waals surface area (Å²) >= 11 is 0. The summed E-state index contributed by atoms with van der Waals surface area (Å²) in [5.41, 5.74) is 5.67. The Labute approximate surface area is 107 Å². The van der Waals surface area contributed by atoms with Gasteiger partial charge in [0.15, 0.2) is 5.84 Å². The monoisotopic (exact) mass is 251 g/mol. The summed E-state index contributed by atoms with van der Waals surface area (Å²) in [5.74, 6) is 2.12. The fourth-order valence-electron chi connectivity index (χ4n) is 3.75. The van der Waals surface area contributed by atoms with Crippen LogP contribution < -0.4 is 11.1 Å². The number of hydrogen-bond acceptors (Lipinski definition) is 3. The lowest BCUT2D eigenvalue weighted by Crippen LogP contribution is -2.48. The maximum absolute atomic E-state index is 12.3. The van der Waals surface area contributed by atoms with Crippen LogP contribution in [0.25, 0.3) is 0 Å².